The molecule has 3 aromatic rings. The smallest absolute Gasteiger partial charge is 0.339 e. The van der Waals surface area contributed by atoms with Gasteiger partial charge in [-0.25, -0.2) is 9.59 Å². The fourth-order valence-electron chi connectivity index (χ4n) is 3.29. The van der Waals surface area contributed by atoms with Gasteiger partial charge in [0, 0.05) is 0 Å². The summed E-state index contributed by atoms with van der Waals surface area (Å²) in [4.78, 5) is 32.7. The monoisotopic (exact) mass is 602 g/mol. The van der Waals surface area contributed by atoms with Crippen molar-refractivity contribution in [3.8, 4) is 0 Å². The highest BCUT2D eigenvalue weighted by molar-refractivity contribution is 9.09. The van der Waals surface area contributed by atoms with Crippen LogP contribution in [0.3, 0.4) is 0 Å². The molecule has 210 valence electrons. The maximum Gasteiger partial charge on any atom is 0.339 e. The minimum Gasteiger partial charge on any atom is -0.468 e. The van der Waals surface area contributed by atoms with E-state index in [9.17, 15) is 24.6 Å². The van der Waals surface area contributed by atoms with Gasteiger partial charge in [-0.05, 0) is 43.0 Å². The molecule has 0 aliphatic heterocycles. The number of carbonyl (C=O) groups is 3. The fraction of sp³-hybridized carbons (Fsp3) is 0.300. The number of benzene rings is 3. The molecule has 2 N–H and O–H groups in total. The zero-order valence-electron chi connectivity index (χ0n) is 22.9. The molecule has 0 saturated heterocycles. The summed E-state index contributed by atoms with van der Waals surface area (Å²) in [5.74, 6) is -1.54. The highest BCUT2D eigenvalue weighted by Crippen LogP contribution is 2.24. The number of alkyl halides is 1. The number of halogens is 1. The molecular weight excluding hydrogens is 568 g/mol. The van der Waals surface area contributed by atoms with Gasteiger partial charge in [-0.1, -0.05) is 99.9 Å². The summed E-state index contributed by atoms with van der Waals surface area (Å²) in [6, 6.07) is 22.0. The second-order valence-corrected chi connectivity index (χ2v) is 9.34. The quantitative estimate of drug-likeness (QED) is 0.230. The van der Waals surface area contributed by atoms with Crippen LogP contribution in [-0.4, -0.2) is 49.5 Å². The van der Waals surface area contributed by atoms with Crippen LogP contribution in [0.5, 0.6) is 0 Å². The second kappa shape index (κ2) is 17.1. The Morgan fingerprint density at radius 1 is 0.641 bits per heavy atom. The molecule has 0 aromatic heterocycles. The van der Waals surface area contributed by atoms with Gasteiger partial charge in [0.2, 0.25) is 0 Å². The number of hydrogen-bond donors (Lipinski definition) is 2. The third-order valence-corrected chi connectivity index (χ3v) is 6.34. The van der Waals surface area contributed by atoms with Crippen LogP contribution in [0.1, 0.15) is 50.4 Å². The van der Waals surface area contributed by atoms with Crippen LogP contribution in [0.2, 0.25) is 0 Å². The summed E-state index contributed by atoms with van der Waals surface area (Å²) < 4.78 is 13.5. The largest absolute Gasteiger partial charge is 0.468 e. The topological polar surface area (TPSA) is 119 Å². The molecule has 3 atom stereocenters. The zero-order chi connectivity index (χ0) is 29.5. The molecule has 0 saturated carbocycles. The van der Waals surface area contributed by atoms with E-state index < -0.39 is 24.1 Å². The van der Waals surface area contributed by atoms with E-state index >= 15 is 0 Å². The Morgan fingerprint density at radius 3 is 1.59 bits per heavy atom. The van der Waals surface area contributed by atoms with Crippen LogP contribution in [-0.2, 0) is 28.6 Å². The summed E-state index contributed by atoms with van der Waals surface area (Å²) in [5.41, 5.74) is 5.08. The van der Waals surface area contributed by atoms with Gasteiger partial charge in [-0.15, -0.1) is 0 Å². The van der Waals surface area contributed by atoms with Crippen molar-refractivity contribution in [2.24, 2.45) is 0 Å². The Labute approximate surface area is 237 Å². The third-order valence-electron chi connectivity index (χ3n) is 5.43. The van der Waals surface area contributed by atoms with Gasteiger partial charge < -0.3 is 24.4 Å². The average molecular weight is 604 g/mol. The summed E-state index contributed by atoms with van der Waals surface area (Å²) in [5, 5.41) is 18.9. The molecule has 0 amide bonds. The molecule has 0 bridgehead atoms. The van der Waals surface area contributed by atoms with E-state index in [0.29, 0.717) is 11.1 Å². The maximum atomic E-state index is 11.2. The lowest BCUT2D eigenvalue weighted by molar-refractivity contribution is -0.151. The van der Waals surface area contributed by atoms with E-state index in [1.165, 1.54) is 21.3 Å². The third kappa shape index (κ3) is 11.0. The van der Waals surface area contributed by atoms with Crippen molar-refractivity contribution in [1.82, 2.24) is 0 Å². The van der Waals surface area contributed by atoms with Gasteiger partial charge in [0.05, 0.1) is 21.3 Å². The molecule has 39 heavy (non-hydrogen) atoms. The van der Waals surface area contributed by atoms with Crippen LogP contribution >= 0.6 is 15.9 Å². The van der Waals surface area contributed by atoms with Gasteiger partial charge in [0.25, 0.3) is 0 Å². The van der Waals surface area contributed by atoms with Crippen molar-refractivity contribution in [1.29, 1.82) is 0 Å². The van der Waals surface area contributed by atoms with Crippen molar-refractivity contribution >= 4 is 33.8 Å². The summed E-state index contributed by atoms with van der Waals surface area (Å²) in [7, 11) is 3.89. The molecule has 0 fully saturated rings. The number of hydrogen-bond acceptors (Lipinski definition) is 8. The van der Waals surface area contributed by atoms with Gasteiger partial charge in [-0.3, -0.25) is 4.79 Å². The lowest BCUT2D eigenvalue weighted by atomic mass is 10.0. The summed E-state index contributed by atoms with van der Waals surface area (Å²) >= 11 is 3.27. The molecule has 0 aliphatic carbocycles. The zero-order valence-corrected chi connectivity index (χ0v) is 24.5. The standard InChI is InChI=1S/C10H11BrO2.2C10H12O3/c2*1-7-4-3-5-8(6-7)9(11)10(12)13-2;1-7-5-3-4-6-8(7)9(11)10(12)13-2/h3-6,9H,1-2H3;2*3-6,9,11H,1-2H3. The number of aryl methyl sites for hydroxylation is 3. The molecular formula is C30H35BrO8. The number of aliphatic hydroxyl groups is 2. The molecule has 8 nitrogen and oxygen atoms in total. The Morgan fingerprint density at radius 2 is 1.10 bits per heavy atom. The number of methoxy groups -OCH3 is 3. The first-order valence-corrected chi connectivity index (χ1v) is 12.8. The molecule has 0 heterocycles. The van der Waals surface area contributed by atoms with Gasteiger partial charge in [0.1, 0.15) is 4.83 Å². The van der Waals surface area contributed by atoms with Crippen LogP contribution < -0.4 is 0 Å². The van der Waals surface area contributed by atoms with Crippen LogP contribution in [0.15, 0.2) is 72.8 Å². The van der Waals surface area contributed by atoms with Crippen LogP contribution in [0.25, 0.3) is 0 Å². The van der Waals surface area contributed by atoms with E-state index in [2.05, 4.69) is 30.1 Å². The lowest BCUT2D eigenvalue weighted by Crippen LogP contribution is -2.14. The summed E-state index contributed by atoms with van der Waals surface area (Å²) in [6.07, 6.45) is -2.35. The van der Waals surface area contributed by atoms with Gasteiger partial charge in [-0.2, -0.15) is 0 Å². The molecule has 0 spiro atoms. The Balaban J connectivity index is 0.000000292. The SMILES string of the molecule is COC(=O)C(Br)c1cccc(C)c1.COC(=O)C(O)c1cccc(C)c1.COC(=O)C(O)c1ccccc1C. The Kier molecular flexibility index (Phi) is 14.7. The maximum absolute atomic E-state index is 11.2. The first-order chi connectivity index (χ1) is 18.5. The van der Waals surface area contributed by atoms with E-state index in [-0.39, 0.29) is 10.8 Å². The minimum atomic E-state index is -1.18. The number of aliphatic hydroxyl groups excluding tert-OH is 2. The van der Waals surface area contributed by atoms with Crippen molar-refractivity contribution in [2.45, 2.75) is 37.8 Å². The first kappa shape index (κ1) is 33.5. The number of esters is 3. The minimum absolute atomic E-state index is 0.273. The molecule has 0 aliphatic rings. The van der Waals surface area contributed by atoms with E-state index in [1.54, 1.807) is 30.3 Å². The molecule has 0 radical (unpaired) electrons. The van der Waals surface area contributed by atoms with Crippen molar-refractivity contribution in [3.05, 3.63) is 106 Å². The predicted molar refractivity (Wildman–Crippen MR) is 151 cm³/mol. The lowest BCUT2D eigenvalue weighted by Gasteiger charge is -2.10. The van der Waals surface area contributed by atoms with Crippen LogP contribution in [0.4, 0.5) is 0 Å². The normalized spacial score (nSPS) is 12.2. The number of rotatable bonds is 6. The first-order valence-electron chi connectivity index (χ1n) is 11.9. The second-order valence-electron chi connectivity index (χ2n) is 8.42. The summed E-state index contributed by atoms with van der Waals surface area (Å²) in [6.45, 7) is 5.72. The van der Waals surface area contributed by atoms with Gasteiger partial charge >= 0.3 is 17.9 Å². The van der Waals surface area contributed by atoms with E-state index in [0.717, 1.165) is 22.3 Å². The van der Waals surface area contributed by atoms with Crippen molar-refractivity contribution in [3.63, 3.8) is 0 Å². The van der Waals surface area contributed by atoms with E-state index in [1.807, 2.05) is 63.2 Å². The predicted octanol–water partition coefficient (Wildman–Crippen LogP) is 5.01. The fourth-order valence-corrected chi connectivity index (χ4v) is 3.76. The molecule has 3 unspecified atom stereocenters. The molecule has 9 heteroatoms. The highest BCUT2D eigenvalue weighted by Gasteiger charge is 2.19. The molecule has 3 aromatic carbocycles. The van der Waals surface area contributed by atoms with Crippen molar-refractivity contribution in [2.75, 3.05) is 21.3 Å². The number of ether oxygens (including phenoxy) is 3. The number of carbonyl (C=O) groups excluding carboxylic acids is 3. The van der Waals surface area contributed by atoms with Crippen LogP contribution in [0, 0.1) is 20.8 Å². The Bertz CT molecular complexity index is 1160. The van der Waals surface area contributed by atoms with Gasteiger partial charge in [0.15, 0.2) is 12.2 Å². The highest BCUT2D eigenvalue weighted by atomic mass is 79.9. The van der Waals surface area contributed by atoms with E-state index in [4.69, 9.17) is 0 Å². The van der Waals surface area contributed by atoms with Crippen molar-refractivity contribution < 1.29 is 38.8 Å². The Hall–Kier alpha value is -3.53. The average Bonchev–Trinajstić information content (AvgIpc) is 2.95. The molecule has 3 rings (SSSR count).